The molecule has 0 spiro atoms. The Kier molecular flexibility index (Phi) is 5.38. The molecule has 132 valence electrons. The molecule has 2 N–H and O–H groups in total. The van der Waals surface area contributed by atoms with Gasteiger partial charge in [0, 0.05) is 11.8 Å². The van der Waals surface area contributed by atoms with Crippen molar-refractivity contribution in [1.29, 1.82) is 0 Å². The van der Waals surface area contributed by atoms with Crippen LogP contribution in [0.25, 0.3) is 0 Å². The van der Waals surface area contributed by atoms with Crippen molar-refractivity contribution >= 4 is 23.1 Å². The summed E-state index contributed by atoms with van der Waals surface area (Å²) in [5, 5.41) is 5.78. The number of nitrogens with zero attached hydrogens (tertiary/aromatic N) is 2. The van der Waals surface area contributed by atoms with Crippen LogP contribution in [0.3, 0.4) is 0 Å². The SMILES string of the molecule is CCOc1ccccc1NC(=O)c1cc(Nc2ccc(F)cc2)ncn1. The highest BCUT2D eigenvalue weighted by atomic mass is 19.1. The van der Waals surface area contributed by atoms with Crippen LogP contribution in [0, 0.1) is 5.82 Å². The van der Waals surface area contributed by atoms with Gasteiger partial charge in [-0.2, -0.15) is 0 Å². The fraction of sp³-hybridized carbons (Fsp3) is 0.105. The Morgan fingerprint density at radius 3 is 2.65 bits per heavy atom. The summed E-state index contributed by atoms with van der Waals surface area (Å²) in [6.07, 6.45) is 1.29. The highest BCUT2D eigenvalue weighted by Crippen LogP contribution is 2.24. The fourth-order valence-corrected chi connectivity index (χ4v) is 2.27. The third-order valence-electron chi connectivity index (χ3n) is 3.45. The molecule has 0 aliphatic rings. The van der Waals surface area contributed by atoms with Crippen LogP contribution in [0.4, 0.5) is 21.6 Å². The van der Waals surface area contributed by atoms with Crippen molar-refractivity contribution in [2.45, 2.75) is 6.92 Å². The van der Waals surface area contributed by atoms with Gasteiger partial charge in [0.2, 0.25) is 0 Å². The molecule has 0 atom stereocenters. The van der Waals surface area contributed by atoms with E-state index in [1.165, 1.54) is 24.5 Å². The molecule has 1 aromatic heterocycles. The van der Waals surface area contributed by atoms with Crippen LogP contribution in [0.5, 0.6) is 5.75 Å². The van der Waals surface area contributed by atoms with Crippen molar-refractivity contribution in [2.24, 2.45) is 0 Å². The van der Waals surface area contributed by atoms with Crippen molar-refractivity contribution in [1.82, 2.24) is 9.97 Å². The number of para-hydroxylation sites is 2. The predicted octanol–water partition coefficient (Wildman–Crippen LogP) is 4.01. The van der Waals surface area contributed by atoms with Gasteiger partial charge in [0.15, 0.2) is 0 Å². The Hall–Kier alpha value is -3.48. The predicted molar refractivity (Wildman–Crippen MR) is 97.3 cm³/mol. The number of benzene rings is 2. The van der Waals surface area contributed by atoms with Crippen molar-refractivity contribution in [3.8, 4) is 5.75 Å². The van der Waals surface area contributed by atoms with E-state index >= 15 is 0 Å². The molecule has 0 saturated heterocycles. The summed E-state index contributed by atoms with van der Waals surface area (Å²) in [5.74, 6) is 0.296. The lowest BCUT2D eigenvalue weighted by Crippen LogP contribution is -2.15. The molecule has 1 heterocycles. The number of carbonyl (C=O) groups excluding carboxylic acids is 1. The Labute approximate surface area is 150 Å². The first-order chi connectivity index (χ1) is 12.7. The largest absolute Gasteiger partial charge is 0.492 e. The average Bonchev–Trinajstić information content (AvgIpc) is 2.66. The van der Waals surface area contributed by atoms with E-state index in [0.717, 1.165) is 0 Å². The van der Waals surface area contributed by atoms with E-state index in [9.17, 15) is 9.18 Å². The number of nitrogens with one attached hydrogen (secondary N) is 2. The first-order valence-electron chi connectivity index (χ1n) is 8.03. The van der Waals surface area contributed by atoms with Crippen molar-refractivity contribution in [2.75, 3.05) is 17.2 Å². The number of rotatable bonds is 6. The number of halogens is 1. The topological polar surface area (TPSA) is 76.1 Å². The Morgan fingerprint density at radius 1 is 1.12 bits per heavy atom. The molecule has 1 amide bonds. The molecule has 0 fully saturated rings. The van der Waals surface area contributed by atoms with E-state index < -0.39 is 0 Å². The maximum atomic E-state index is 13.0. The summed E-state index contributed by atoms with van der Waals surface area (Å²) in [4.78, 5) is 20.6. The van der Waals surface area contributed by atoms with E-state index in [2.05, 4.69) is 20.6 Å². The van der Waals surface area contributed by atoms with Gasteiger partial charge in [0.1, 0.15) is 29.4 Å². The third-order valence-corrected chi connectivity index (χ3v) is 3.45. The first-order valence-corrected chi connectivity index (χ1v) is 8.03. The van der Waals surface area contributed by atoms with Crippen LogP contribution in [-0.4, -0.2) is 22.5 Å². The molecule has 3 rings (SSSR count). The van der Waals surface area contributed by atoms with Gasteiger partial charge in [-0.1, -0.05) is 12.1 Å². The number of aromatic nitrogens is 2. The van der Waals surface area contributed by atoms with Gasteiger partial charge in [-0.3, -0.25) is 4.79 Å². The zero-order valence-electron chi connectivity index (χ0n) is 14.1. The van der Waals surface area contributed by atoms with Gasteiger partial charge >= 0.3 is 0 Å². The van der Waals surface area contributed by atoms with Crippen LogP contribution < -0.4 is 15.4 Å². The smallest absolute Gasteiger partial charge is 0.274 e. The molecule has 0 radical (unpaired) electrons. The molecule has 26 heavy (non-hydrogen) atoms. The molecule has 6 nitrogen and oxygen atoms in total. The van der Waals surface area contributed by atoms with Crippen LogP contribution in [-0.2, 0) is 0 Å². The van der Waals surface area contributed by atoms with E-state index in [4.69, 9.17) is 4.74 Å². The quantitative estimate of drug-likeness (QED) is 0.701. The average molecular weight is 352 g/mol. The molecule has 0 aliphatic carbocycles. The second kappa shape index (κ2) is 8.06. The van der Waals surface area contributed by atoms with Gasteiger partial charge in [-0.05, 0) is 43.3 Å². The minimum Gasteiger partial charge on any atom is -0.492 e. The lowest BCUT2D eigenvalue weighted by molar-refractivity contribution is 0.102. The van der Waals surface area contributed by atoms with Gasteiger partial charge in [-0.25, -0.2) is 14.4 Å². The standard InChI is InChI=1S/C19H17FN4O2/c1-2-26-17-6-4-3-5-15(17)24-19(25)16-11-18(22-12-21-16)23-14-9-7-13(20)8-10-14/h3-12H,2H2,1H3,(H,24,25)(H,21,22,23). The minimum atomic E-state index is -0.387. The molecule has 0 aliphatic heterocycles. The first kappa shape index (κ1) is 17.3. The molecule has 3 aromatic rings. The van der Waals surface area contributed by atoms with Gasteiger partial charge in [-0.15, -0.1) is 0 Å². The normalized spacial score (nSPS) is 10.2. The molecule has 2 aromatic carbocycles. The van der Waals surface area contributed by atoms with Crippen molar-refractivity contribution < 1.29 is 13.9 Å². The van der Waals surface area contributed by atoms with Crippen LogP contribution >= 0.6 is 0 Å². The van der Waals surface area contributed by atoms with Gasteiger partial charge < -0.3 is 15.4 Å². The zero-order chi connectivity index (χ0) is 18.4. The Bertz CT molecular complexity index is 900. The summed E-state index contributed by atoms with van der Waals surface area (Å²) >= 11 is 0. The number of hydrogen-bond acceptors (Lipinski definition) is 5. The molecule has 0 unspecified atom stereocenters. The zero-order valence-corrected chi connectivity index (χ0v) is 14.1. The molecule has 0 bridgehead atoms. The minimum absolute atomic E-state index is 0.191. The van der Waals surface area contributed by atoms with Gasteiger partial charge in [0.25, 0.3) is 5.91 Å². The van der Waals surface area contributed by atoms with Gasteiger partial charge in [0.05, 0.1) is 12.3 Å². The summed E-state index contributed by atoms with van der Waals surface area (Å²) < 4.78 is 18.5. The van der Waals surface area contributed by atoms with E-state index in [0.29, 0.717) is 29.5 Å². The van der Waals surface area contributed by atoms with Crippen LogP contribution in [0.15, 0.2) is 60.9 Å². The van der Waals surface area contributed by atoms with E-state index in [1.807, 2.05) is 13.0 Å². The molecule has 0 saturated carbocycles. The third kappa shape index (κ3) is 4.32. The summed E-state index contributed by atoms with van der Waals surface area (Å²) in [6, 6.07) is 14.5. The fourth-order valence-electron chi connectivity index (χ4n) is 2.27. The molecular formula is C19H17FN4O2. The maximum Gasteiger partial charge on any atom is 0.274 e. The second-order valence-electron chi connectivity index (χ2n) is 5.30. The number of anilines is 3. The summed E-state index contributed by atoms with van der Waals surface area (Å²) in [6.45, 7) is 2.36. The Balaban J connectivity index is 1.75. The highest BCUT2D eigenvalue weighted by Gasteiger charge is 2.12. The number of carbonyl (C=O) groups is 1. The number of amides is 1. The summed E-state index contributed by atoms with van der Waals surface area (Å²) in [7, 11) is 0. The lowest BCUT2D eigenvalue weighted by atomic mass is 10.2. The maximum absolute atomic E-state index is 13.0. The summed E-state index contributed by atoms with van der Waals surface area (Å²) in [5.41, 5.74) is 1.40. The monoisotopic (exact) mass is 352 g/mol. The highest BCUT2D eigenvalue weighted by molar-refractivity contribution is 6.04. The van der Waals surface area contributed by atoms with Crippen LogP contribution in [0.2, 0.25) is 0 Å². The molecule has 7 heteroatoms. The van der Waals surface area contributed by atoms with Crippen molar-refractivity contribution in [3.63, 3.8) is 0 Å². The molecular weight excluding hydrogens is 335 g/mol. The Morgan fingerprint density at radius 2 is 1.88 bits per heavy atom. The second-order valence-corrected chi connectivity index (χ2v) is 5.30. The van der Waals surface area contributed by atoms with E-state index in [1.54, 1.807) is 30.3 Å². The number of hydrogen-bond donors (Lipinski definition) is 2. The number of ether oxygens (including phenoxy) is 1. The van der Waals surface area contributed by atoms with E-state index in [-0.39, 0.29) is 17.4 Å². The lowest BCUT2D eigenvalue weighted by Gasteiger charge is -2.11. The van der Waals surface area contributed by atoms with Crippen molar-refractivity contribution in [3.05, 3.63) is 72.4 Å². The van der Waals surface area contributed by atoms with Crippen LogP contribution in [0.1, 0.15) is 17.4 Å².